The number of amides is 1. The highest BCUT2D eigenvalue weighted by molar-refractivity contribution is 9.10. The Balaban J connectivity index is 1.55. The summed E-state index contributed by atoms with van der Waals surface area (Å²) in [5.74, 6) is -0.248. The molecule has 1 amide bonds. The number of nitrogens with one attached hydrogen (secondary N) is 1. The van der Waals surface area contributed by atoms with Gasteiger partial charge in [-0.05, 0) is 47.5 Å². The van der Waals surface area contributed by atoms with E-state index >= 15 is 0 Å². The molecule has 0 unspecified atom stereocenters. The summed E-state index contributed by atoms with van der Waals surface area (Å²) >= 11 is 3.36. The van der Waals surface area contributed by atoms with E-state index in [9.17, 15) is 9.59 Å². The SMILES string of the molecule is O=C(Cc1ccc(Br)cc1)N/N=C\c1cccc(OC(=O)c2ccccc2)c1. The number of benzene rings is 3. The second-order valence-electron chi connectivity index (χ2n) is 5.92. The summed E-state index contributed by atoms with van der Waals surface area (Å²) in [7, 11) is 0. The molecule has 140 valence electrons. The third-order valence-electron chi connectivity index (χ3n) is 3.76. The van der Waals surface area contributed by atoms with Crippen molar-refractivity contribution in [2.75, 3.05) is 0 Å². The standard InChI is InChI=1S/C22H17BrN2O3/c23-19-11-9-16(10-12-19)14-21(26)25-24-15-17-5-4-8-20(13-17)28-22(27)18-6-2-1-3-7-18/h1-13,15H,14H2,(H,25,26)/b24-15-. The van der Waals surface area contributed by atoms with Crippen LogP contribution in [0.5, 0.6) is 5.75 Å². The second kappa shape index (κ2) is 9.62. The van der Waals surface area contributed by atoms with Gasteiger partial charge in [-0.1, -0.05) is 58.4 Å². The van der Waals surface area contributed by atoms with Crippen molar-refractivity contribution < 1.29 is 14.3 Å². The number of ether oxygens (including phenoxy) is 1. The number of carbonyl (C=O) groups is 2. The predicted octanol–water partition coefficient (Wildman–Crippen LogP) is 4.36. The van der Waals surface area contributed by atoms with Crippen molar-refractivity contribution in [1.29, 1.82) is 0 Å². The van der Waals surface area contributed by atoms with Gasteiger partial charge in [-0.3, -0.25) is 4.79 Å². The van der Waals surface area contributed by atoms with Crippen molar-refractivity contribution in [3.63, 3.8) is 0 Å². The number of halogens is 1. The third-order valence-corrected chi connectivity index (χ3v) is 4.29. The van der Waals surface area contributed by atoms with Gasteiger partial charge in [0.1, 0.15) is 5.75 Å². The summed E-state index contributed by atoms with van der Waals surface area (Å²) in [5, 5.41) is 3.96. The van der Waals surface area contributed by atoms with E-state index in [0.717, 1.165) is 10.0 Å². The summed E-state index contributed by atoms with van der Waals surface area (Å²) in [6, 6.07) is 23.2. The van der Waals surface area contributed by atoms with Crippen molar-refractivity contribution in [3.05, 3.63) is 100 Å². The highest BCUT2D eigenvalue weighted by Gasteiger charge is 2.07. The molecular weight excluding hydrogens is 420 g/mol. The van der Waals surface area contributed by atoms with Crippen LogP contribution in [0.15, 0.2) is 88.4 Å². The van der Waals surface area contributed by atoms with Crippen LogP contribution in [-0.2, 0) is 11.2 Å². The molecule has 0 atom stereocenters. The molecule has 0 saturated heterocycles. The molecule has 0 aliphatic carbocycles. The lowest BCUT2D eigenvalue weighted by Crippen LogP contribution is -2.19. The van der Waals surface area contributed by atoms with Crippen LogP contribution in [0, 0.1) is 0 Å². The van der Waals surface area contributed by atoms with Crippen LogP contribution >= 0.6 is 15.9 Å². The summed E-state index contributed by atoms with van der Waals surface area (Å²) in [6.07, 6.45) is 1.73. The molecule has 6 heteroatoms. The van der Waals surface area contributed by atoms with E-state index in [1.165, 1.54) is 6.21 Å². The molecule has 0 radical (unpaired) electrons. The van der Waals surface area contributed by atoms with Gasteiger partial charge in [-0.15, -0.1) is 0 Å². The van der Waals surface area contributed by atoms with E-state index in [2.05, 4.69) is 26.5 Å². The fraction of sp³-hybridized carbons (Fsp3) is 0.0455. The van der Waals surface area contributed by atoms with Crippen molar-refractivity contribution in [1.82, 2.24) is 5.43 Å². The summed E-state index contributed by atoms with van der Waals surface area (Å²) in [5.41, 5.74) is 4.56. The molecule has 0 aromatic heterocycles. The number of hydrogen-bond donors (Lipinski definition) is 1. The van der Waals surface area contributed by atoms with Crippen LogP contribution in [0.4, 0.5) is 0 Å². The van der Waals surface area contributed by atoms with Crippen molar-refractivity contribution >= 4 is 34.0 Å². The normalized spacial score (nSPS) is 10.6. The van der Waals surface area contributed by atoms with Gasteiger partial charge in [0.15, 0.2) is 0 Å². The fourth-order valence-corrected chi connectivity index (χ4v) is 2.67. The Labute approximate surface area is 171 Å². The van der Waals surface area contributed by atoms with Gasteiger partial charge < -0.3 is 4.74 Å². The molecule has 0 spiro atoms. The first-order chi connectivity index (χ1) is 13.6. The fourth-order valence-electron chi connectivity index (χ4n) is 2.40. The maximum absolute atomic E-state index is 12.1. The van der Waals surface area contributed by atoms with Crippen LogP contribution < -0.4 is 10.2 Å². The highest BCUT2D eigenvalue weighted by Crippen LogP contribution is 2.14. The molecule has 3 aromatic rings. The van der Waals surface area contributed by atoms with Crippen LogP contribution in [0.25, 0.3) is 0 Å². The molecule has 3 aromatic carbocycles. The number of hydrazone groups is 1. The molecule has 0 saturated carbocycles. The molecule has 0 bridgehead atoms. The van der Waals surface area contributed by atoms with Crippen LogP contribution in [-0.4, -0.2) is 18.1 Å². The maximum Gasteiger partial charge on any atom is 0.343 e. The average Bonchev–Trinajstić information content (AvgIpc) is 2.71. The van der Waals surface area contributed by atoms with Crippen molar-refractivity contribution in [2.24, 2.45) is 5.10 Å². The maximum atomic E-state index is 12.1. The smallest absolute Gasteiger partial charge is 0.343 e. The minimum absolute atomic E-state index is 0.217. The van der Waals surface area contributed by atoms with Crippen LogP contribution in [0.2, 0.25) is 0 Å². The number of hydrogen-bond acceptors (Lipinski definition) is 4. The van der Waals surface area contributed by atoms with Gasteiger partial charge in [0.05, 0.1) is 18.2 Å². The van der Waals surface area contributed by atoms with Gasteiger partial charge in [0.2, 0.25) is 5.91 Å². The molecule has 5 nitrogen and oxygen atoms in total. The lowest BCUT2D eigenvalue weighted by atomic mass is 10.1. The molecule has 28 heavy (non-hydrogen) atoms. The van der Waals surface area contributed by atoms with E-state index in [0.29, 0.717) is 16.9 Å². The minimum Gasteiger partial charge on any atom is -0.423 e. The zero-order valence-electron chi connectivity index (χ0n) is 14.8. The third kappa shape index (κ3) is 5.89. The minimum atomic E-state index is -0.433. The number of esters is 1. The van der Waals surface area contributed by atoms with Gasteiger partial charge >= 0.3 is 5.97 Å². The van der Waals surface area contributed by atoms with E-state index in [1.54, 1.807) is 48.5 Å². The van der Waals surface area contributed by atoms with E-state index in [-0.39, 0.29) is 12.3 Å². The van der Waals surface area contributed by atoms with E-state index in [4.69, 9.17) is 4.74 Å². The molecule has 3 rings (SSSR count). The molecule has 0 fully saturated rings. The highest BCUT2D eigenvalue weighted by atomic mass is 79.9. The average molecular weight is 437 g/mol. The van der Waals surface area contributed by atoms with Gasteiger partial charge in [-0.25, -0.2) is 10.2 Å². The Hall–Kier alpha value is -3.25. The Bertz CT molecular complexity index is 986. The molecule has 0 aliphatic heterocycles. The first kappa shape index (κ1) is 19.5. The molecule has 0 aliphatic rings. The van der Waals surface area contributed by atoms with E-state index < -0.39 is 5.97 Å². The van der Waals surface area contributed by atoms with Crippen LogP contribution in [0.3, 0.4) is 0 Å². The number of carbonyl (C=O) groups excluding carboxylic acids is 2. The first-order valence-corrected chi connectivity index (χ1v) is 9.33. The van der Waals surface area contributed by atoms with Gasteiger partial charge in [-0.2, -0.15) is 5.10 Å². The second-order valence-corrected chi connectivity index (χ2v) is 6.84. The summed E-state index contributed by atoms with van der Waals surface area (Å²) in [4.78, 5) is 24.1. The first-order valence-electron chi connectivity index (χ1n) is 8.54. The predicted molar refractivity (Wildman–Crippen MR) is 111 cm³/mol. The van der Waals surface area contributed by atoms with Gasteiger partial charge in [0.25, 0.3) is 0 Å². The van der Waals surface area contributed by atoms with Crippen molar-refractivity contribution in [3.8, 4) is 5.75 Å². The molecule has 0 heterocycles. The zero-order chi connectivity index (χ0) is 19.8. The Kier molecular flexibility index (Phi) is 6.70. The topological polar surface area (TPSA) is 67.8 Å². The summed E-state index contributed by atoms with van der Waals surface area (Å²) < 4.78 is 6.33. The van der Waals surface area contributed by atoms with E-state index in [1.807, 2.05) is 30.3 Å². The number of nitrogens with zero attached hydrogens (tertiary/aromatic N) is 1. The van der Waals surface area contributed by atoms with Crippen molar-refractivity contribution in [2.45, 2.75) is 6.42 Å². The van der Waals surface area contributed by atoms with Gasteiger partial charge in [0, 0.05) is 4.47 Å². The summed E-state index contributed by atoms with van der Waals surface area (Å²) in [6.45, 7) is 0. The molecular formula is C22H17BrN2O3. The number of rotatable bonds is 6. The Morgan fingerprint density at radius 1 is 0.964 bits per heavy atom. The molecule has 1 N–H and O–H groups in total. The van der Waals surface area contributed by atoms with Crippen LogP contribution in [0.1, 0.15) is 21.5 Å². The zero-order valence-corrected chi connectivity index (χ0v) is 16.4. The monoisotopic (exact) mass is 436 g/mol. The Morgan fingerprint density at radius 3 is 2.46 bits per heavy atom. The lowest BCUT2D eigenvalue weighted by Gasteiger charge is -2.05. The largest absolute Gasteiger partial charge is 0.423 e. The Morgan fingerprint density at radius 2 is 1.71 bits per heavy atom. The quantitative estimate of drug-likeness (QED) is 0.270. The lowest BCUT2D eigenvalue weighted by molar-refractivity contribution is -0.120.